The van der Waals surface area contributed by atoms with Crippen LogP contribution in [0.2, 0.25) is 0 Å². The zero-order valence-electron chi connectivity index (χ0n) is 14.7. The Morgan fingerprint density at radius 3 is 2.58 bits per heavy atom. The monoisotopic (exact) mass is 352 g/mol. The molecule has 0 radical (unpaired) electrons. The average molecular weight is 352 g/mol. The molecular weight excluding hydrogens is 331 g/mol. The predicted octanol–water partition coefficient (Wildman–Crippen LogP) is 2.67. The molecule has 0 bridgehead atoms. The van der Waals surface area contributed by atoms with E-state index >= 15 is 0 Å². The van der Waals surface area contributed by atoms with Gasteiger partial charge in [-0.15, -0.1) is 0 Å². The zero-order valence-corrected chi connectivity index (χ0v) is 14.7. The van der Waals surface area contributed by atoms with Crippen LogP contribution in [0.1, 0.15) is 16.2 Å². The van der Waals surface area contributed by atoms with Crippen LogP contribution >= 0.6 is 0 Å². The van der Waals surface area contributed by atoms with Gasteiger partial charge in [-0.2, -0.15) is 0 Å². The van der Waals surface area contributed by atoms with E-state index in [0.717, 1.165) is 36.5 Å². The standard InChI is InChI=1S/C20H21FN4O/c1-23-18-8-3-2-7-17(18)22-19(23)14-24-9-11-25(12-10-24)20(26)15-5-4-6-16(21)13-15/h2-8,13H,9-12,14H2,1H3. The van der Waals surface area contributed by atoms with Crippen LogP contribution in [0.3, 0.4) is 0 Å². The molecule has 0 aliphatic carbocycles. The summed E-state index contributed by atoms with van der Waals surface area (Å²) in [4.78, 5) is 21.3. The first-order valence-corrected chi connectivity index (χ1v) is 8.79. The van der Waals surface area contributed by atoms with E-state index in [0.29, 0.717) is 18.7 Å². The van der Waals surface area contributed by atoms with E-state index in [1.165, 1.54) is 12.1 Å². The number of benzene rings is 2. The number of hydrogen-bond acceptors (Lipinski definition) is 3. The van der Waals surface area contributed by atoms with Crippen LogP contribution in [0.5, 0.6) is 0 Å². The van der Waals surface area contributed by atoms with Crippen LogP contribution in [-0.2, 0) is 13.6 Å². The summed E-state index contributed by atoms with van der Waals surface area (Å²) in [7, 11) is 2.04. The van der Waals surface area contributed by atoms with Crippen molar-refractivity contribution in [1.29, 1.82) is 0 Å². The molecule has 1 aliphatic rings. The number of amides is 1. The number of fused-ring (bicyclic) bond motifs is 1. The molecule has 1 aliphatic heterocycles. The fourth-order valence-electron chi connectivity index (χ4n) is 3.45. The quantitative estimate of drug-likeness (QED) is 0.728. The lowest BCUT2D eigenvalue weighted by atomic mass is 10.1. The van der Waals surface area contributed by atoms with E-state index in [9.17, 15) is 9.18 Å². The smallest absolute Gasteiger partial charge is 0.254 e. The van der Waals surface area contributed by atoms with Gasteiger partial charge in [-0.1, -0.05) is 18.2 Å². The van der Waals surface area contributed by atoms with E-state index in [1.807, 2.05) is 25.2 Å². The number of hydrogen-bond donors (Lipinski definition) is 0. The number of aryl methyl sites for hydroxylation is 1. The molecular formula is C20H21FN4O. The van der Waals surface area contributed by atoms with Crippen LogP contribution in [-0.4, -0.2) is 51.4 Å². The normalized spacial score (nSPS) is 15.5. The molecule has 2 aromatic carbocycles. The highest BCUT2D eigenvalue weighted by molar-refractivity contribution is 5.94. The molecule has 0 saturated carbocycles. The van der Waals surface area contributed by atoms with Gasteiger partial charge >= 0.3 is 0 Å². The molecule has 1 fully saturated rings. The Bertz CT molecular complexity index is 944. The van der Waals surface area contributed by atoms with Gasteiger partial charge < -0.3 is 9.47 Å². The van der Waals surface area contributed by atoms with Crippen molar-refractivity contribution < 1.29 is 9.18 Å². The summed E-state index contributed by atoms with van der Waals surface area (Å²) in [6.07, 6.45) is 0. The molecule has 0 spiro atoms. The fraction of sp³-hybridized carbons (Fsp3) is 0.300. The molecule has 1 amide bonds. The molecule has 5 nitrogen and oxygen atoms in total. The van der Waals surface area contributed by atoms with Gasteiger partial charge in [0.2, 0.25) is 0 Å². The predicted molar refractivity (Wildman–Crippen MR) is 98.3 cm³/mol. The Labute approximate surface area is 151 Å². The Morgan fingerprint density at radius 2 is 1.85 bits per heavy atom. The molecule has 6 heteroatoms. The van der Waals surface area contributed by atoms with Crippen molar-refractivity contribution in [3.05, 3.63) is 65.7 Å². The Kier molecular flexibility index (Phi) is 4.42. The van der Waals surface area contributed by atoms with Crippen molar-refractivity contribution >= 4 is 16.9 Å². The maximum absolute atomic E-state index is 13.3. The highest BCUT2D eigenvalue weighted by atomic mass is 19.1. The van der Waals surface area contributed by atoms with Gasteiger partial charge in [0.25, 0.3) is 5.91 Å². The Hall–Kier alpha value is -2.73. The molecule has 134 valence electrons. The summed E-state index contributed by atoms with van der Waals surface area (Å²) in [5.41, 5.74) is 2.54. The summed E-state index contributed by atoms with van der Waals surface area (Å²) in [6.45, 7) is 3.60. The number of carbonyl (C=O) groups is 1. The van der Waals surface area contributed by atoms with E-state index in [2.05, 4.69) is 15.5 Å². The van der Waals surface area contributed by atoms with E-state index < -0.39 is 0 Å². The molecule has 3 aromatic rings. The van der Waals surface area contributed by atoms with Gasteiger partial charge in [-0.3, -0.25) is 9.69 Å². The molecule has 0 unspecified atom stereocenters. The lowest BCUT2D eigenvalue weighted by Gasteiger charge is -2.34. The summed E-state index contributed by atoms with van der Waals surface area (Å²) < 4.78 is 15.5. The Balaban J connectivity index is 1.40. The molecule has 26 heavy (non-hydrogen) atoms. The summed E-state index contributed by atoms with van der Waals surface area (Å²) in [6, 6.07) is 14.0. The topological polar surface area (TPSA) is 41.4 Å². The molecule has 0 N–H and O–H groups in total. The van der Waals surface area contributed by atoms with E-state index in [4.69, 9.17) is 4.98 Å². The van der Waals surface area contributed by atoms with Crippen molar-refractivity contribution in [3.63, 3.8) is 0 Å². The second-order valence-corrected chi connectivity index (χ2v) is 6.65. The largest absolute Gasteiger partial charge is 0.336 e. The number of piperazine rings is 1. The minimum atomic E-state index is -0.378. The third-order valence-corrected chi connectivity index (χ3v) is 4.98. The van der Waals surface area contributed by atoms with Crippen molar-refractivity contribution in [2.75, 3.05) is 26.2 Å². The number of para-hydroxylation sites is 2. The summed E-state index contributed by atoms with van der Waals surface area (Å²) in [5.74, 6) is 0.541. The van der Waals surface area contributed by atoms with Gasteiger partial charge in [-0.05, 0) is 30.3 Å². The number of imidazole rings is 1. The zero-order chi connectivity index (χ0) is 18.1. The first kappa shape index (κ1) is 16.7. The van der Waals surface area contributed by atoms with Gasteiger partial charge in [-0.25, -0.2) is 9.37 Å². The van der Waals surface area contributed by atoms with Crippen molar-refractivity contribution in [3.8, 4) is 0 Å². The number of nitrogens with zero attached hydrogens (tertiary/aromatic N) is 4. The van der Waals surface area contributed by atoms with Crippen molar-refractivity contribution in [1.82, 2.24) is 19.4 Å². The first-order valence-electron chi connectivity index (χ1n) is 8.79. The SMILES string of the molecule is Cn1c(CN2CCN(C(=O)c3cccc(F)c3)CC2)nc2ccccc21. The number of carbonyl (C=O) groups excluding carboxylic acids is 1. The third-order valence-electron chi connectivity index (χ3n) is 4.98. The van der Waals surface area contributed by atoms with Gasteiger partial charge in [0, 0.05) is 38.8 Å². The lowest BCUT2D eigenvalue weighted by Crippen LogP contribution is -2.48. The van der Waals surface area contributed by atoms with E-state index in [1.54, 1.807) is 17.0 Å². The third kappa shape index (κ3) is 3.20. The number of aromatic nitrogens is 2. The molecule has 0 atom stereocenters. The number of rotatable bonds is 3. The lowest BCUT2D eigenvalue weighted by molar-refractivity contribution is 0.0624. The second-order valence-electron chi connectivity index (χ2n) is 6.65. The van der Waals surface area contributed by atoms with Crippen LogP contribution in [0, 0.1) is 5.82 Å². The van der Waals surface area contributed by atoms with Crippen molar-refractivity contribution in [2.24, 2.45) is 7.05 Å². The maximum atomic E-state index is 13.3. The fourth-order valence-corrected chi connectivity index (χ4v) is 3.45. The van der Waals surface area contributed by atoms with Gasteiger partial charge in [0.05, 0.1) is 17.6 Å². The summed E-state index contributed by atoms with van der Waals surface area (Å²) >= 11 is 0. The Morgan fingerprint density at radius 1 is 1.08 bits per heavy atom. The minimum Gasteiger partial charge on any atom is -0.336 e. The van der Waals surface area contributed by atoms with Crippen LogP contribution < -0.4 is 0 Å². The first-order chi connectivity index (χ1) is 12.6. The average Bonchev–Trinajstić information content (AvgIpc) is 2.98. The maximum Gasteiger partial charge on any atom is 0.254 e. The van der Waals surface area contributed by atoms with Gasteiger partial charge in [0.15, 0.2) is 0 Å². The molecule has 4 rings (SSSR count). The molecule has 1 aromatic heterocycles. The van der Waals surface area contributed by atoms with Crippen molar-refractivity contribution in [2.45, 2.75) is 6.54 Å². The molecule has 1 saturated heterocycles. The van der Waals surface area contributed by atoms with Crippen LogP contribution in [0.4, 0.5) is 4.39 Å². The highest BCUT2D eigenvalue weighted by Gasteiger charge is 2.23. The number of halogens is 1. The summed E-state index contributed by atoms with van der Waals surface area (Å²) in [5, 5.41) is 0. The van der Waals surface area contributed by atoms with E-state index in [-0.39, 0.29) is 11.7 Å². The minimum absolute atomic E-state index is 0.105. The van der Waals surface area contributed by atoms with Gasteiger partial charge in [0.1, 0.15) is 11.6 Å². The van der Waals surface area contributed by atoms with Crippen LogP contribution in [0.25, 0.3) is 11.0 Å². The second kappa shape index (κ2) is 6.88. The molecule has 2 heterocycles. The highest BCUT2D eigenvalue weighted by Crippen LogP contribution is 2.17. The van der Waals surface area contributed by atoms with Crippen LogP contribution in [0.15, 0.2) is 48.5 Å².